The number of carbonyl (C=O) groups excluding carboxylic acids is 1. The number of nitrogens with zero attached hydrogens (tertiary/aromatic N) is 1. The molecule has 18 heavy (non-hydrogen) atoms. The first-order valence-electron chi connectivity index (χ1n) is 4.83. The van der Waals surface area contributed by atoms with E-state index in [0.29, 0.717) is 0 Å². The second kappa shape index (κ2) is 5.04. The van der Waals surface area contributed by atoms with Crippen molar-refractivity contribution in [1.82, 2.24) is 5.32 Å². The van der Waals surface area contributed by atoms with Gasteiger partial charge in [0, 0.05) is 0 Å². The minimum absolute atomic E-state index is 0.0204. The Hall–Kier alpha value is -2.10. The zero-order valence-corrected chi connectivity index (χ0v) is 9.18. The molecule has 0 aliphatic rings. The van der Waals surface area contributed by atoms with Crippen molar-refractivity contribution in [2.45, 2.75) is 19.1 Å². The van der Waals surface area contributed by atoms with Gasteiger partial charge >= 0.3 is 6.18 Å². The molecule has 1 amide bonds. The van der Waals surface area contributed by atoms with E-state index in [9.17, 15) is 22.4 Å². The Balaban J connectivity index is 2.90. The number of halogens is 4. The molecular weight excluding hydrogens is 252 g/mol. The molecule has 1 N–H and O–H groups in total. The van der Waals surface area contributed by atoms with Gasteiger partial charge in [0.05, 0.1) is 17.2 Å². The lowest BCUT2D eigenvalue weighted by atomic mass is 10.1. The molecule has 1 aromatic carbocycles. The van der Waals surface area contributed by atoms with Crippen molar-refractivity contribution in [3.8, 4) is 6.07 Å². The number of hydrogen-bond acceptors (Lipinski definition) is 2. The molecule has 1 atom stereocenters. The number of nitrogens with one attached hydrogen (secondary N) is 1. The van der Waals surface area contributed by atoms with Crippen LogP contribution >= 0.6 is 0 Å². The van der Waals surface area contributed by atoms with E-state index < -0.39 is 29.5 Å². The molecule has 0 saturated heterocycles. The van der Waals surface area contributed by atoms with Crippen LogP contribution in [0, 0.1) is 17.1 Å². The number of hydrogen-bond donors (Lipinski definition) is 1. The summed E-state index contributed by atoms with van der Waals surface area (Å²) in [6, 6.07) is 2.46. The van der Waals surface area contributed by atoms with Crippen LogP contribution in [0.1, 0.15) is 22.8 Å². The molecule has 0 heterocycles. The maximum absolute atomic E-state index is 13.3. The molecule has 1 aromatic rings. The summed E-state index contributed by atoms with van der Waals surface area (Å²) in [6.07, 6.45) is -4.60. The molecule has 0 fully saturated rings. The third-order valence-electron chi connectivity index (χ3n) is 2.18. The van der Waals surface area contributed by atoms with Gasteiger partial charge in [-0.2, -0.15) is 18.4 Å². The topological polar surface area (TPSA) is 52.9 Å². The molecule has 3 nitrogen and oxygen atoms in total. The summed E-state index contributed by atoms with van der Waals surface area (Å²) in [5.41, 5.74) is -0.557. The Bertz CT molecular complexity index is 505. The maximum Gasteiger partial charge on any atom is 0.408 e. The predicted octanol–water partition coefficient (Wildman–Crippen LogP) is 2.38. The fourth-order valence-corrected chi connectivity index (χ4v) is 1.13. The van der Waals surface area contributed by atoms with Crippen LogP contribution in [0.25, 0.3) is 0 Å². The first kappa shape index (κ1) is 14.0. The van der Waals surface area contributed by atoms with Crippen molar-refractivity contribution in [2.24, 2.45) is 0 Å². The van der Waals surface area contributed by atoms with E-state index in [1.807, 2.05) is 0 Å². The van der Waals surface area contributed by atoms with Crippen molar-refractivity contribution in [3.05, 3.63) is 35.1 Å². The van der Waals surface area contributed by atoms with Gasteiger partial charge in [-0.15, -0.1) is 0 Å². The molecule has 0 spiro atoms. The molecule has 1 rings (SSSR count). The van der Waals surface area contributed by atoms with Crippen LogP contribution < -0.4 is 5.32 Å². The van der Waals surface area contributed by atoms with E-state index in [4.69, 9.17) is 5.26 Å². The number of rotatable bonds is 2. The van der Waals surface area contributed by atoms with E-state index >= 15 is 0 Å². The van der Waals surface area contributed by atoms with Gasteiger partial charge in [0.1, 0.15) is 11.9 Å². The van der Waals surface area contributed by atoms with Gasteiger partial charge in [-0.05, 0) is 25.1 Å². The van der Waals surface area contributed by atoms with Gasteiger partial charge in [0.2, 0.25) is 0 Å². The Morgan fingerprint density at radius 2 is 2.06 bits per heavy atom. The zero-order chi connectivity index (χ0) is 13.9. The van der Waals surface area contributed by atoms with Crippen molar-refractivity contribution in [2.75, 3.05) is 0 Å². The summed E-state index contributed by atoms with van der Waals surface area (Å²) in [5.74, 6) is -2.22. The average molecular weight is 260 g/mol. The minimum atomic E-state index is -4.60. The monoisotopic (exact) mass is 260 g/mol. The summed E-state index contributed by atoms with van der Waals surface area (Å²) in [7, 11) is 0. The predicted molar refractivity (Wildman–Crippen MR) is 54.1 cm³/mol. The highest BCUT2D eigenvalue weighted by molar-refractivity contribution is 5.94. The third kappa shape index (κ3) is 3.20. The van der Waals surface area contributed by atoms with Crippen molar-refractivity contribution in [1.29, 1.82) is 5.26 Å². The highest BCUT2D eigenvalue weighted by Crippen LogP contribution is 2.20. The van der Waals surface area contributed by atoms with E-state index in [-0.39, 0.29) is 5.56 Å². The van der Waals surface area contributed by atoms with Gasteiger partial charge in [0.15, 0.2) is 0 Å². The van der Waals surface area contributed by atoms with Gasteiger partial charge in [0.25, 0.3) is 5.91 Å². The van der Waals surface area contributed by atoms with Gasteiger partial charge in [-0.1, -0.05) is 0 Å². The molecule has 0 aliphatic heterocycles. The Kier molecular flexibility index (Phi) is 3.91. The number of benzene rings is 1. The lowest BCUT2D eigenvalue weighted by Crippen LogP contribution is -2.43. The number of nitriles is 1. The minimum Gasteiger partial charge on any atom is -0.340 e. The molecule has 96 valence electrons. The van der Waals surface area contributed by atoms with E-state index in [2.05, 4.69) is 0 Å². The maximum atomic E-state index is 13.3. The van der Waals surface area contributed by atoms with E-state index in [0.717, 1.165) is 25.1 Å². The van der Waals surface area contributed by atoms with Crippen LogP contribution in [0.2, 0.25) is 0 Å². The zero-order valence-electron chi connectivity index (χ0n) is 9.18. The number of amides is 1. The molecule has 0 radical (unpaired) electrons. The first-order valence-corrected chi connectivity index (χ1v) is 4.83. The van der Waals surface area contributed by atoms with Crippen molar-refractivity contribution in [3.63, 3.8) is 0 Å². The third-order valence-corrected chi connectivity index (χ3v) is 2.18. The van der Waals surface area contributed by atoms with E-state index in [1.165, 1.54) is 0 Å². The molecule has 0 aromatic heterocycles. The van der Waals surface area contributed by atoms with Crippen LogP contribution in [0.3, 0.4) is 0 Å². The Morgan fingerprint density at radius 3 is 2.50 bits per heavy atom. The molecule has 0 saturated carbocycles. The number of carbonyl (C=O) groups is 1. The van der Waals surface area contributed by atoms with Crippen LogP contribution in [-0.2, 0) is 0 Å². The van der Waals surface area contributed by atoms with Gasteiger partial charge in [-0.25, -0.2) is 4.39 Å². The lowest BCUT2D eigenvalue weighted by molar-refractivity contribution is -0.149. The summed E-state index contributed by atoms with van der Waals surface area (Å²) in [6.45, 7) is 0.749. The van der Waals surface area contributed by atoms with Crippen LogP contribution in [0.5, 0.6) is 0 Å². The van der Waals surface area contributed by atoms with Crippen LogP contribution in [0.4, 0.5) is 17.6 Å². The van der Waals surface area contributed by atoms with Gasteiger partial charge in [-0.3, -0.25) is 4.79 Å². The van der Waals surface area contributed by atoms with Crippen LogP contribution in [0.15, 0.2) is 18.2 Å². The second-order valence-electron chi connectivity index (χ2n) is 3.54. The van der Waals surface area contributed by atoms with E-state index in [1.54, 1.807) is 11.4 Å². The highest BCUT2D eigenvalue weighted by atomic mass is 19.4. The summed E-state index contributed by atoms with van der Waals surface area (Å²) >= 11 is 0. The normalized spacial score (nSPS) is 12.7. The number of alkyl halides is 3. The Morgan fingerprint density at radius 1 is 1.44 bits per heavy atom. The van der Waals surface area contributed by atoms with Gasteiger partial charge < -0.3 is 5.32 Å². The average Bonchev–Trinajstić information content (AvgIpc) is 2.27. The largest absolute Gasteiger partial charge is 0.408 e. The molecule has 0 unspecified atom stereocenters. The summed E-state index contributed by atoms with van der Waals surface area (Å²) in [5, 5.41) is 10.1. The summed E-state index contributed by atoms with van der Waals surface area (Å²) < 4.78 is 49.9. The fraction of sp³-hybridized carbons (Fsp3) is 0.273. The second-order valence-corrected chi connectivity index (χ2v) is 3.54. The molecular formula is C11H8F4N2O. The highest BCUT2D eigenvalue weighted by Gasteiger charge is 2.37. The molecule has 0 aliphatic carbocycles. The van der Waals surface area contributed by atoms with Crippen molar-refractivity contribution < 1.29 is 22.4 Å². The molecule has 0 bridgehead atoms. The lowest BCUT2D eigenvalue weighted by Gasteiger charge is -2.17. The summed E-state index contributed by atoms with van der Waals surface area (Å²) in [4.78, 5) is 11.4. The quantitative estimate of drug-likeness (QED) is 0.830. The SMILES string of the molecule is C[C@@H](NC(=O)c1ccc(C#N)cc1F)C(F)(F)F. The molecule has 7 heteroatoms. The smallest absolute Gasteiger partial charge is 0.340 e. The van der Waals surface area contributed by atoms with Crippen LogP contribution in [-0.4, -0.2) is 18.1 Å². The Labute approximate surface area is 100 Å². The first-order chi connectivity index (χ1) is 8.25. The van der Waals surface area contributed by atoms with Crippen molar-refractivity contribution >= 4 is 5.91 Å². The fourth-order valence-electron chi connectivity index (χ4n) is 1.13. The standard InChI is InChI=1S/C11H8F4N2O/c1-6(11(13,14)15)17-10(18)8-3-2-7(5-16)4-9(8)12/h2-4,6H,1H3,(H,17,18)/t6-/m1/s1.